The van der Waals surface area contributed by atoms with Gasteiger partial charge in [0.1, 0.15) is 4.60 Å². The van der Waals surface area contributed by atoms with Crippen LogP contribution in [0.15, 0.2) is 22.9 Å². The number of nitrogens with one attached hydrogen (secondary N) is 1. The summed E-state index contributed by atoms with van der Waals surface area (Å²) >= 11 is 3.29. The number of hydrogen-bond donors (Lipinski definition) is 1. The van der Waals surface area contributed by atoms with Crippen LogP contribution in [0.5, 0.6) is 0 Å². The third kappa shape index (κ3) is 2.30. The summed E-state index contributed by atoms with van der Waals surface area (Å²) in [5.41, 5.74) is 1.47. The summed E-state index contributed by atoms with van der Waals surface area (Å²) in [5, 5.41) is 4.19. The number of rotatable bonds is 2. The van der Waals surface area contributed by atoms with Gasteiger partial charge < -0.3 is 5.32 Å². The molecule has 0 radical (unpaired) electrons. The molecular formula is C12H14BrN3O2S. The summed E-state index contributed by atoms with van der Waals surface area (Å²) in [4.78, 5) is 4.16. The summed E-state index contributed by atoms with van der Waals surface area (Å²) in [7, 11) is -3.34. The van der Waals surface area contributed by atoms with E-state index in [0.717, 1.165) is 30.5 Å². The number of pyridine rings is 1. The van der Waals surface area contributed by atoms with Crippen LogP contribution in [0.2, 0.25) is 0 Å². The largest absolute Gasteiger partial charge is 0.309 e. The van der Waals surface area contributed by atoms with Gasteiger partial charge >= 0.3 is 0 Å². The molecule has 1 saturated heterocycles. The van der Waals surface area contributed by atoms with Gasteiger partial charge in [-0.05, 0) is 47.4 Å². The second-order valence-electron chi connectivity index (χ2n) is 4.81. The zero-order chi connectivity index (χ0) is 13.6. The quantitative estimate of drug-likeness (QED) is 0.847. The van der Waals surface area contributed by atoms with Crippen molar-refractivity contribution in [2.75, 3.05) is 12.8 Å². The Labute approximate surface area is 120 Å². The lowest BCUT2D eigenvalue weighted by Crippen LogP contribution is -2.20. The van der Waals surface area contributed by atoms with Gasteiger partial charge in [0, 0.05) is 17.6 Å². The molecule has 0 spiro atoms. The van der Waals surface area contributed by atoms with Crippen molar-refractivity contribution in [2.24, 2.45) is 0 Å². The van der Waals surface area contributed by atoms with Gasteiger partial charge in [-0.2, -0.15) is 0 Å². The average Bonchev–Trinajstić information content (AvgIpc) is 2.92. The van der Waals surface area contributed by atoms with E-state index >= 15 is 0 Å². The Balaban J connectivity index is 2.31. The Kier molecular flexibility index (Phi) is 3.15. The predicted octanol–water partition coefficient (Wildman–Crippen LogP) is 2.03. The normalized spacial score (nSPS) is 20.2. The van der Waals surface area contributed by atoms with Gasteiger partial charge in [-0.15, -0.1) is 0 Å². The zero-order valence-corrected chi connectivity index (χ0v) is 12.8. The summed E-state index contributed by atoms with van der Waals surface area (Å²) in [6, 6.07) is 3.76. The molecule has 102 valence electrons. The number of halogens is 1. The second-order valence-corrected chi connectivity index (χ2v) is 7.46. The van der Waals surface area contributed by atoms with Crippen LogP contribution in [0.25, 0.3) is 10.9 Å². The van der Waals surface area contributed by atoms with E-state index in [1.54, 1.807) is 12.3 Å². The van der Waals surface area contributed by atoms with Crippen LogP contribution in [0.1, 0.15) is 24.6 Å². The molecule has 0 unspecified atom stereocenters. The smallest absolute Gasteiger partial charge is 0.236 e. The van der Waals surface area contributed by atoms with Gasteiger partial charge in [0.05, 0.1) is 17.5 Å². The highest BCUT2D eigenvalue weighted by molar-refractivity contribution is 9.10. The van der Waals surface area contributed by atoms with Crippen molar-refractivity contribution < 1.29 is 8.42 Å². The number of aromatic nitrogens is 2. The Morgan fingerprint density at radius 3 is 2.89 bits per heavy atom. The summed E-state index contributed by atoms with van der Waals surface area (Å²) < 4.78 is 26.3. The lowest BCUT2D eigenvalue weighted by atomic mass is 10.1. The maximum Gasteiger partial charge on any atom is 0.236 e. The molecule has 0 saturated carbocycles. The summed E-state index contributed by atoms with van der Waals surface area (Å²) in [6.07, 6.45) is 4.96. The molecule has 3 rings (SSSR count). The van der Waals surface area contributed by atoms with Crippen molar-refractivity contribution in [1.29, 1.82) is 0 Å². The van der Waals surface area contributed by atoms with E-state index in [0.29, 0.717) is 10.1 Å². The highest BCUT2D eigenvalue weighted by Gasteiger charge is 2.25. The van der Waals surface area contributed by atoms with Crippen LogP contribution < -0.4 is 5.32 Å². The molecule has 1 aliphatic rings. The molecule has 1 atom stereocenters. The second kappa shape index (κ2) is 4.57. The first kappa shape index (κ1) is 13.1. The lowest BCUT2D eigenvalue weighted by Gasteiger charge is -2.14. The zero-order valence-electron chi connectivity index (χ0n) is 10.4. The van der Waals surface area contributed by atoms with Crippen LogP contribution >= 0.6 is 15.9 Å². The van der Waals surface area contributed by atoms with Crippen molar-refractivity contribution >= 4 is 36.9 Å². The molecule has 7 heteroatoms. The molecule has 0 bridgehead atoms. The van der Waals surface area contributed by atoms with Crippen LogP contribution in [-0.4, -0.2) is 30.2 Å². The molecule has 0 aromatic carbocycles. The van der Waals surface area contributed by atoms with Gasteiger partial charge in [0.25, 0.3) is 0 Å². The van der Waals surface area contributed by atoms with Crippen molar-refractivity contribution in [3.63, 3.8) is 0 Å². The lowest BCUT2D eigenvalue weighted by molar-refractivity contribution is 0.579. The number of hydrogen-bond acceptors (Lipinski definition) is 4. The SMILES string of the molecule is CS(=O)(=O)n1c([C@H]2CCCN2)cc2cnc(Br)cc21. The van der Waals surface area contributed by atoms with Gasteiger partial charge in [-0.3, -0.25) is 0 Å². The third-order valence-corrected chi connectivity index (χ3v) is 4.89. The standard InChI is InChI=1S/C12H14BrN3O2S/c1-19(17,18)16-10-6-12(13)15-7-8(10)5-11(16)9-3-2-4-14-9/h5-7,9,14H,2-4H2,1H3/t9-/m1/s1. The van der Waals surface area contributed by atoms with Crippen molar-refractivity contribution in [1.82, 2.24) is 14.3 Å². The van der Waals surface area contributed by atoms with Crippen molar-refractivity contribution in [3.8, 4) is 0 Å². The van der Waals surface area contributed by atoms with E-state index in [2.05, 4.69) is 26.2 Å². The molecule has 1 N–H and O–H groups in total. The van der Waals surface area contributed by atoms with E-state index in [1.807, 2.05) is 6.07 Å². The fraction of sp³-hybridized carbons (Fsp3) is 0.417. The van der Waals surface area contributed by atoms with Gasteiger partial charge in [-0.25, -0.2) is 17.4 Å². The van der Waals surface area contributed by atoms with E-state index in [-0.39, 0.29) is 6.04 Å². The minimum absolute atomic E-state index is 0.0981. The Bertz CT molecular complexity index is 733. The van der Waals surface area contributed by atoms with Crippen LogP contribution in [0, 0.1) is 0 Å². The minimum atomic E-state index is -3.34. The van der Waals surface area contributed by atoms with Gasteiger partial charge in [0.2, 0.25) is 10.0 Å². The highest BCUT2D eigenvalue weighted by atomic mass is 79.9. The molecule has 5 nitrogen and oxygen atoms in total. The number of nitrogens with zero attached hydrogens (tertiary/aromatic N) is 2. The first-order valence-electron chi connectivity index (χ1n) is 6.07. The Morgan fingerprint density at radius 2 is 2.26 bits per heavy atom. The molecule has 2 aromatic rings. The van der Waals surface area contributed by atoms with E-state index < -0.39 is 10.0 Å². The summed E-state index contributed by atoms with van der Waals surface area (Å²) in [5.74, 6) is 0. The van der Waals surface area contributed by atoms with Crippen LogP contribution in [0.4, 0.5) is 0 Å². The minimum Gasteiger partial charge on any atom is -0.309 e. The van der Waals surface area contributed by atoms with Crippen LogP contribution in [0.3, 0.4) is 0 Å². The fourth-order valence-corrected chi connectivity index (χ4v) is 4.02. The third-order valence-electron chi connectivity index (χ3n) is 3.38. The average molecular weight is 344 g/mol. The molecule has 3 heterocycles. The molecular weight excluding hydrogens is 330 g/mol. The van der Waals surface area contributed by atoms with Gasteiger partial charge in [0.15, 0.2) is 0 Å². The fourth-order valence-electron chi connectivity index (χ4n) is 2.62. The van der Waals surface area contributed by atoms with E-state index in [9.17, 15) is 8.42 Å². The number of fused-ring (bicyclic) bond motifs is 1. The molecule has 1 aliphatic heterocycles. The Hall–Kier alpha value is -0.920. The van der Waals surface area contributed by atoms with Crippen molar-refractivity contribution in [3.05, 3.63) is 28.6 Å². The first-order chi connectivity index (χ1) is 8.97. The van der Waals surface area contributed by atoms with E-state index in [1.165, 1.54) is 10.2 Å². The van der Waals surface area contributed by atoms with Gasteiger partial charge in [-0.1, -0.05) is 0 Å². The highest BCUT2D eigenvalue weighted by Crippen LogP contribution is 2.31. The maximum atomic E-state index is 12.1. The topological polar surface area (TPSA) is 64.0 Å². The molecule has 0 aliphatic carbocycles. The molecule has 19 heavy (non-hydrogen) atoms. The van der Waals surface area contributed by atoms with Crippen LogP contribution in [-0.2, 0) is 10.0 Å². The molecule has 0 amide bonds. The molecule has 1 fully saturated rings. The summed E-state index contributed by atoms with van der Waals surface area (Å²) in [6.45, 7) is 0.928. The van der Waals surface area contributed by atoms with Crippen molar-refractivity contribution in [2.45, 2.75) is 18.9 Å². The predicted molar refractivity (Wildman–Crippen MR) is 77.7 cm³/mol. The monoisotopic (exact) mass is 343 g/mol. The molecule has 2 aromatic heterocycles. The first-order valence-corrected chi connectivity index (χ1v) is 8.72. The Morgan fingerprint density at radius 1 is 1.47 bits per heavy atom. The van der Waals surface area contributed by atoms with E-state index in [4.69, 9.17) is 0 Å². The maximum absolute atomic E-state index is 12.1.